The molecule has 1 aromatic carbocycles. The molecule has 3 nitrogen and oxygen atoms in total. The lowest BCUT2D eigenvalue weighted by atomic mass is 9.89. The zero-order chi connectivity index (χ0) is 13.1. The van der Waals surface area contributed by atoms with Gasteiger partial charge < -0.3 is 11.1 Å². The zero-order valence-corrected chi connectivity index (χ0v) is 11.2. The summed E-state index contributed by atoms with van der Waals surface area (Å²) in [7, 11) is 0. The molecular weight excluding hydrogens is 234 g/mol. The second kappa shape index (κ2) is 5.47. The van der Waals surface area contributed by atoms with Gasteiger partial charge in [-0.3, -0.25) is 4.98 Å². The van der Waals surface area contributed by atoms with E-state index in [0.717, 1.165) is 23.5 Å². The average molecular weight is 255 g/mol. The lowest BCUT2D eigenvalue weighted by molar-refractivity contribution is 0.373. The van der Waals surface area contributed by atoms with E-state index >= 15 is 0 Å². The predicted octanol–water partition coefficient (Wildman–Crippen LogP) is 3.81. The van der Waals surface area contributed by atoms with Gasteiger partial charge in [0.15, 0.2) is 0 Å². The number of nitrogens with two attached hydrogens (primary N) is 1. The Hall–Kier alpha value is -1.77. The van der Waals surface area contributed by atoms with Crippen LogP contribution in [-0.4, -0.2) is 11.5 Å². The van der Waals surface area contributed by atoms with Gasteiger partial charge in [-0.2, -0.15) is 0 Å². The third-order valence-corrected chi connectivity index (χ3v) is 4.16. The molecule has 19 heavy (non-hydrogen) atoms. The maximum atomic E-state index is 6.00. The van der Waals surface area contributed by atoms with E-state index < -0.39 is 0 Å². The number of hydrogen-bond acceptors (Lipinski definition) is 3. The van der Waals surface area contributed by atoms with E-state index in [1.165, 1.54) is 43.2 Å². The van der Waals surface area contributed by atoms with Crippen molar-refractivity contribution >= 4 is 22.1 Å². The summed E-state index contributed by atoms with van der Waals surface area (Å²) in [6.07, 6.45) is 10.6. The molecular formula is C16H21N3. The Morgan fingerprint density at radius 1 is 1.11 bits per heavy atom. The van der Waals surface area contributed by atoms with Gasteiger partial charge in [0.25, 0.3) is 0 Å². The Kier molecular flexibility index (Phi) is 3.53. The minimum Gasteiger partial charge on any atom is -0.398 e. The summed E-state index contributed by atoms with van der Waals surface area (Å²) in [6.45, 7) is 1.07. The van der Waals surface area contributed by atoms with Gasteiger partial charge in [-0.15, -0.1) is 0 Å². The number of pyridine rings is 1. The van der Waals surface area contributed by atoms with Gasteiger partial charge in [-0.25, -0.2) is 0 Å². The average Bonchev–Trinajstić information content (AvgIpc) is 2.48. The Morgan fingerprint density at radius 2 is 1.95 bits per heavy atom. The largest absolute Gasteiger partial charge is 0.398 e. The summed E-state index contributed by atoms with van der Waals surface area (Å²) < 4.78 is 0. The van der Waals surface area contributed by atoms with Crippen LogP contribution < -0.4 is 11.1 Å². The summed E-state index contributed by atoms with van der Waals surface area (Å²) in [4.78, 5) is 4.16. The first-order chi connectivity index (χ1) is 9.34. The number of hydrogen-bond donors (Lipinski definition) is 2. The predicted molar refractivity (Wildman–Crippen MR) is 81.2 cm³/mol. The molecule has 1 aliphatic rings. The van der Waals surface area contributed by atoms with Gasteiger partial charge in [0.2, 0.25) is 0 Å². The second-order valence-corrected chi connectivity index (χ2v) is 5.51. The summed E-state index contributed by atoms with van der Waals surface area (Å²) in [6, 6.07) is 6.09. The number of benzene rings is 1. The van der Waals surface area contributed by atoms with Gasteiger partial charge in [0.1, 0.15) is 0 Å². The van der Waals surface area contributed by atoms with E-state index in [1.807, 2.05) is 24.5 Å². The van der Waals surface area contributed by atoms with Crippen LogP contribution in [0.2, 0.25) is 0 Å². The lowest BCUT2D eigenvalue weighted by Crippen LogP contribution is -2.17. The van der Waals surface area contributed by atoms with Crippen molar-refractivity contribution in [3.05, 3.63) is 30.6 Å². The molecule has 100 valence electrons. The SMILES string of the molecule is Nc1ccc(NCC2CCCCC2)c2ccncc12. The van der Waals surface area contributed by atoms with E-state index in [0.29, 0.717) is 0 Å². The Morgan fingerprint density at radius 3 is 2.79 bits per heavy atom. The van der Waals surface area contributed by atoms with Gasteiger partial charge in [0.05, 0.1) is 0 Å². The molecule has 0 aliphatic heterocycles. The molecule has 1 fully saturated rings. The van der Waals surface area contributed by atoms with Crippen molar-refractivity contribution in [2.24, 2.45) is 5.92 Å². The van der Waals surface area contributed by atoms with E-state index in [2.05, 4.69) is 16.4 Å². The van der Waals surface area contributed by atoms with Crippen molar-refractivity contribution in [2.75, 3.05) is 17.6 Å². The summed E-state index contributed by atoms with van der Waals surface area (Å²) in [5.41, 5.74) is 7.97. The minimum atomic E-state index is 0.798. The topological polar surface area (TPSA) is 50.9 Å². The van der Waals surface area contributed by atoms with Gasteiger partial charge in [-0.1, -0.05) is 19.3 Å². The molecule has 0 spiro atoms. The Bertz CT molecular complexity index is 559. The van der Waals surface area contributed by atoms with Crippen LogP contribution in [0, 0.1) is 5.92 Å². The van der Waals surface area contributed by atoms with Crippen molar-refractivity contribution < 1.29 is 0 Å². The fourth-order valence-electron chi connectivity index (χ4n) is 3.01. The minimum absolute atomic E-state index is 0.798. The number of aromatic nitrogens is 1. The number of anilines is 2. The Labute approximate surface area is 114 Å². The molecule has 3 heteroatoms. The molecule has 0 saturated heterocycles. The number of fused-ring (bicyclic) bond motifs is 1. The summed E-state index contributed by atoms with van der Waals surface area (Å²) in [5, 5.41) is 5.81. The first-order valence-corrected chi connectivity index (χ1v) is 7.20. The maximum Gasteiger partial charge on any atom is 0.0422 e. The summed E-state index contributed by atoms with van der Waals surface area (Å²) >= 11 is 0. The molecule has 0 amide bonds. The molecule has 0 bridgehead atoms. The molecule has 3 rings (SSSR count). The highest BCUT2D eigenvalue weighted by molar-refractivity contribution is 6.00. The van der Waals surface area contributed by atoms with Crippen molar-refractivity contribution in [2.45, 2.75) is 32.1 Å². The highest BCUT2D eigenvalue weighted by Gasteiger charge is 2.13. The number of nitrogen functional groups attached to an aromatic ring is 1. The lowest BCUT2D eigenvalue weighted by Gasteiger charge is -2.22. The monoisotopic (exact) mass is 255 g/mol. The fraction of sp³-hybridized carbons (Fsp3) is 0.438. The molecule has 3 N–H and O–H groups in total. The third kappa shape index (κ3) is 2.65. The van der Waals surface area contributed by atoms with Crippen LogP contribution in [-0.2, 0) is 0 Å². The molecule has 1 saturated carbocycles. The fourth-order valence-corrected chi connectivity index (χ4v) is 3.01. The first-order valence-electron chi connectivity index (χ1n) is 7.20. The van der Waals surface area contributed by atoms with Crippen LogP contribution in [0.3, 0.4) is 0 Å². The second-order valence-electron chi connectivity index (χ2n) is 5.51. The van der Waals surface area contributed by atoms with E-state index in [9.17, 15) is 0 Å². The molecule has 1 heterocycles. The van der Waals surface area contributed by atoms with Crippen LogP contribution in [0.5, 0.6) is 0 Å². The van der Waals surface area contributed by atoms with Gasteiger partial charge >= 0.3 is 0 Å². The van der Waals surface area contributed by atoms with E-state index in [4.69, 9.17) is 5.73 Å². The zero-order valence-electron chi connectivity index (χ0n) is 11.2. The van der Waals surface area contributed by atoms with Crippen molar-refractivity contribution in [1.29, 1.82) is 0 Å². The maximum absolute atomic E-state index is 6.00. The van der Waals surface area contributed by atoms with Crippen molar-refractivity contribution in [3.8, 4) is 0 Å². The molecule has 1 aliphatic carbocycles. The highest BCUT2D eigenvalue weighted by Crippen LogP contribution is 2.29. The van der Waals surface area contributed by atoms with Gasteiger partial charge in [0, 0.05) is 41.1 Å². The number of nitrogens with zero attached hydrogens (tertiary/aromatic N) is 1. The molecule has 1 aromatic heterocycles. The number of nitrogens with one attached hydrogen (secondary N) is 1. The van der Waals surface area contributed by atoms with Crippen LogP contribution in [0.25, 0.3) is 10.8 Å². The van der Waals surface area contributed by atoms with Crippen LogP contribution >= 0.6 is 0 Å². The van der Waals surface area contributed by atoms with Crippen molar-refractivity contribution in [1.82, 2.24) is 4.98 Å². The molecule has 0 atom stereocenters. The number of rotatable bonds is 3. The van der Waals surface area contributed by atoms with E-state index in [-0.39, 0.29) is 0 Å². The van der Waals surface area contributed by atoms with Crippen LogP contribution in [0.1, 0.15) is 32.1 Å². The quantitative estimate of drug-likeness (QED) is 0.820. The standard InChI is InChI=1S/C16H21N3/c17-15-6-7-16(13-8-9-18-11-14(13)15)19-10-12-4-2-1-3-5-12/h6-9,11-12,19H,1-5,10,17H2. The smallest absolute Gasteiger partial charge is 0.0422 e. The first kappa shape index (κ1) is 12.3. The van der Waals surface area contributed by atoms with Crippen molar-refractivity contribution in [3.63, 3.8) is 0 Å². The highest BCUT2D eigenvalue weighted by atomic mass is 14.9. The Balaban J connectivity index is 1.79. The normalized spacial score (nSPS) is 16.6. The summed E-state index contributed by atoms with van der Waals surface area (Å²) in [5.74, 6) is 0.822. The third-order valence-electron chi connectivity index (χ3n) is 4.16. The molecule has 2 aromatic rings. The molecule has 0 unspecified atom stereocenters. The van der Waals surface area contributed by atoms with E-state index in [1.54, 1.807) is 0 Å². The molecule has 0 radical (unpaired) electrons. The van der Waals surface area contributed by atoms with Crippen LogP contribution in [0.15, 0.2) is 30.6 Å². The van der Waals surface area contributed by atoms with Crippen LogP contribution in [0.4, 0.5) is 11.4 Å². The van der Waals surface area contributed by atoms with Gasteiger partial charge in [-0.05, 0) is 37.0 Å².